The van der Waals surface area contributed by atoms with Crippen molar-refractivity contribution in [1.29, 1.82) is 0 Å². The van der Waals surface area contributed by atoms with Gasteiger partial charge >= 0.3 is 0 Å². The largest absolute Gasteiger partial charge is 0.313 e. The summed E-state index contributed by atoms with van der Waals surface area (Å²) in [5, 5.41) is 3.68. The zero-order chi connectivity index (χ0) is 12.3. The Bertz CT molecular complexity index is 228. The molecular weight excluding hydrogens is 210 g/mol. The highest BCUT2D eigenvalue weighted by Crippen LogP contribution is 2.32. The molecular formula is C14H29N3. The van der Waals surface area contributed by atoms with Gasteiger partial charge in [0.25, 0.3) is 0 Å². The van der Waals surface area contributed by atoms with Crippen LogP contribution in [0.25, 0.3) is 0 Å². The van der Waals surface area contributed by atoms with Crippen molar-refractivity contribution < 1.29 is 0 Å². The van der Waals surface area contributed by atoms with Gasteiger partial charge in [0.2, 0.25) is 0 Å². The molecule has 2 fully saturated rings. The summed E-state index contributed by atoms with van der Waals surface area (Å²) in [6.45, 7) is 14.3. The van der Waals surface area contributed by atoms with E-state index >= 15 is 0 Å². The predicted octanol–water partition coefficient (Wildman–Crippen LogP) is 1.40. The van der Waals surface area contributed by atoms with E-state index in [1.54, 1.807) is 0 Å². The topological polar surface area (TPSA) is 18.5 Å². The maximum Gasteiger partial charge on any atom is 0.0195 e. The second-order valence-electron chi connectivity index (χ2n) is 5.86. The second-order valence-corrected chi connectivity index (χ2v) is 5.86. The Morgan fingerprint density at radius 2 is 2.06 bits per heavy atom. The Balaban J connectivity index is 1.59. The monoisotopic (exact) mass is 239 g/mol. The molecule has 3 nitrogen and oxygen atoms in total. The number of nitrogens with one attached hydrogen (secondary N) is 1. The minimum Gasteiger partial charge on any atom is -0.313 e. The summed E-state index contributed by atoms with van der Waals surface area (Å²) in [4.78, 5) is 5.19. The highest BCUT2D eigenvalue weighted by Gasteiger charge is 2.27. The Morgan fingerprint density at radius 3 is 2.65 bits per heavy atom. The Labute approximate surface area is 107 Å². The molecule has 0 spiro atoms. The normalized spacial score (nSPS) is 29.5. The highest BCUT2D eigenvalue weighted by atomic mass is 15.3. The van der Waals surface area contributed by atoms with Gasteiger partial charge in [0, 0.05) is 44.8 Å². The van der Waals surface area contributed by atoms with Crippen LogP contribution < -0.4 is 5.32 Å². The third-order valence-electron chi connectivity index (χ3n) is 4.48. The average Bonchev–Trinajstić information content (AvgIpc) is 3.13. The first-order valence-electron chi connectivity index (χ1n) is 7.40. The third kappa shape index (κ3) is 3.94. The zero-order valence-corrected chi connectivity index (χ0v) is 11.8. The van der Waals surface area contributed by atoms with E-state index in [0.29, 0.717) is 0 Å². The van der Waals surface area contributed by atoms with E-state index in [-0.39, 0.29) is 0 Å². The maximum atomic E-state index is 3.68. The minimum atomic E-state index is 0.731. The highest BCUT2D eigenvalue weighted by molar-refractivity contribution is 4.84. The maximum absolute atomic E-state index is 3.68. The zero-order valence-electron chi connectivity index (χ0n) is 11.8. The molecule has 2 aliphatic rings. The van der Waals surface area contributed by atoms with Crippen LogP contribution >= 0.6 is 0 Å². The van der Waals surface area contributed by atoms with Crippen LogP contribution in [0.1, 0.15) is 33.6 Å². The molecule has 0 aromatic carbocycles. The Morgan fingerprint density at radius 1 is 1.29 bits per heavy atom. The van der Waals surface area contributed by atoms with Gasteiger partial charge in [-0.05, 0) is 39.2 Å². The molecule has 1 saturated heterocycles. The number of piperazine rings is 1. The lowest BCUT2D eigenvalue weighted by Crippen LogP contribution is -2.53. The van der Waals surface area contributed by atoms with Gasteiger partial charge in [-0.2, -0.15) is 0 Å². The number of hydrogen-bond acceptors (Lipinski definition) is 3. The van der Waals surface area contributed by atoms with Crippen LogP contribution in [0.5, 0.6) is 0 Å². The van der Waals surface area contributed by atoms with E-state index in [0.717, 1.165) is 24.5 Å². The molecule has 3 heteroatoms. The first kappa shape index (κ1) is 13.3. The lowest BCUT2D eigenvalue weighted by Gasteiger charge is -2.39. The van der Waals surface area contributed by atoms with Gasteiger partial charge < -0.3 is 5.32 Å². The molecule has 1 aliphatic heterocycles. The molecule has 2 atom stereocenters. The van der Waals surface area contributed by atoms with Gasteiger partial charge in [0.1, 0.15) is 0 Å². The molecule has 0 amide bonds. The van der Waals surface area contributed by atoms with Crippen molar-refractivity contribution in [3.05, 3.63) is 0 Å². The summed E-state index contributed by atoms with van der Waals surface area (Å²) < 4.78 is 0. The van der Waals surface area contributed by atoms with Gasteiger partial charge in [-0.25, -0.2) is 0 Å². The van der Waals surface area contributed by atoms with E-state index < -0.39 is 0 Å². The lowest BCUT2D eigenvalue weighted by molar-refractivity contribution is 0.0882. The molecule has 0 bridgehead atoms. The summed E-state index contributed by atoms with van der Waals surface area (Å²) in [6.07, 6.45) is 2.89. The Kier molecular flexibility index (Phi) is 4.83. The van der Waals surface area contributed by atoms with Crippen molar-refractivity contribution >= 4 is 0 Å². The van der Waals surface area contributed by atoms with E-state index in [2.05, 4.69) is 35.9 Å². The first-order valence-corrected chi connectivity index (χ1v) is 7.40. The van der Waals surface area contributed by atoms with Crippen LogP contribution in [-0.2, 0) is 0 Å². The fourth-order valence-corrected chi connectivity index (χ4v) is 2.96. The predicted molar refractivity (Wildman–Crippen MR) is 73.3 cm³/mol. The van der Waals surface area contributed by atoms with Gasteiger partial charge in [-0.15, -0.1) is 0 Å². The standard InChI is InChI=1S/C14H29N3/c1-4-17-10-9-16(11-12(17)2)8-7-15-13(3)14-5-6-14/h12-15H,4-11H2,1-3H3. The summed E-state index contributed by atoms with van der Waals surface area (Å²) in [6, 6.07) is 1.47. The summed E-state index contributed by atoms with van der Waals surface area (Å²) in [5.74, 6) is 0.978. The molecule has 1 heterocycles. The van der Waals surface area contributed by atoms with E-state index in [4.69, 9.17) is 0 Å². The van der Waals surface area contributed by atoms with Gasteiger partial charge in [-0.1, -0.05) is 6.92 Å². The molecule has 0 aromatic rings. The van der Waals surface area contributed by atoms with Gasteiger partial charge in [-0.3, -0.25) is 9.80 Å². The second kappa shape index (κ2) is 6.17. The minimum absolute atomic E-state index is 0.731. The van der Waals surface area contributed by atoms with E-state index in [9.17, 15) is 0 Å². The fraction of sp³-hybridized carbons (Fsp3) is 1.00. The van der Waals surface area contributed by atoms with Crippen molar-refractivity contribution in [2.24, 2.45) is 5.92 Å². The molecule has 2 rings (SSSR count). The van der Waals surface area contributed by atoms with Crippen molar-refractivity contribution in [3.8, 4) is 0 Å². The van der Waals surface area contributed by atoms with Gasteiger partial charge in [0.15, 0.2) is 0 Å². The van der Waals surface area contributed by atoms with Crippen LogP contribution in [0.15, 0.2) is 0 Å². The molecule has 1 N–H and O–H groups in total. The van der Waals surface area contributed by atoms with Crippen LogP contribution in [0.3, 0.4) is 0 Å². The molecule has 17 heavy (non-hydrogen) atoms. The van der Waals surface area contributed by atoms with E-state index in [1.165, 1.54) is 45.6 Å². The molecule has 0 radical (unpaired) electrons. The SMILES string of the molecule is CCN1CCN(CCNC(C)C2CC2)CC1C. The summed E-state index contributed by atoms with van der Waals surface area (Å²) in [5.41, 5.74) is 0. The van der Waals surface area contributed by atoms with Crippen molar-refractivity contribution in [2.75, 3.05) is 39.3 Å². The first-order chi connectivity index (χ1) is 8.20. The van der Waals surface area contributed by atoms with Crippen LogP contribution in [0.2, 0.25) is 0 Å². The third-order valence-corrected chi connectivity index (χ3v) is 4.48. The Hall–Kier alpha value is -0.120. The van der Waals surface area contributed by atoms with Crippen molar-refractivity contribution in [2.45, 2.75) is 45.7 Å². The van der Waals surface area contributed by atoms with Crippen molar-refractivity contribution in [3.63, 3.8) is 0 Å². The quantitative estimate of drug-likeness (QED) is 0.756. The molecule has 2 unspecified atom stereocenters. The molecule has 0 aromatic heterocycles. The summed E-state index contributed by atoms with van der Waals surface area (Å²) in [7, 11) is 0. The number of hydrogen-bond donors (Lipinski definition) is 1. The molecule has 100 valence electrons. The van der Waals surface area contributed by atoms with Crippen molar-refractivity contribution in [1.82, 2.24) is 15.1 Å². The molecule has 1 aliphatic carbocycles. The smallest absolute Gasteiger partial charge is 0.0195 e. The number of rotatable bonds is 6. The number of likely N-dealkylation sites (N-methyl/N-ethyl adjacent to an activating group) is 1. The molecule has 1 saturated carbocycles. The van der Waals surface area contributed by atoms with Crippen LogP contribution in [-0.4, -0.2) is 61.2 Å². The van der Waals surface area contributed by atoms with Crippen LogP contribution in [0, 0.1) is 5.92 Å². The van der Waals surface area contributed by atoms with Crippen LogP contribution in [0.4, 0.5) is 0 Å². The number of nitrogens with zero attached hydrogens (tertiary/aromatic N) is 2. The fourth-order valence-electron chi connectivity index (χ4n) is 2.96. The van der Waals surface area contributed by atoms with E-state index in [1.807, 2.05) is 0 Å². The van der Waals surface area contributed by atoms with Gasteiger partial charge in [0.05, 0.1) is 0 Å². The average molecular weight is 239 g/mol. The lowest BCUT2D eigenvalue weighted by atomic mass is 10.2. The summed E-state index contributed by atoms with van der Waals surface area (Å²) >= 11 is 0.